The first-order valence-corrected chi connectivity index (χ1v) is 4.84. The van der Waals surface area contributed by atoms with E-state index in [0.717, 1.165) is 24.8 Å². The molecule has 1 nitrogen and oxygen atoms in total. The van der Waals surface area contributed by atoms with Gasteiger partial charge >= 0.3 is 0 Å². The molecule has 64 valence electrons. The summed E-state index contributed by atoms with van der Waals surface area (Å²) in [6.45, 7) is 4.58. The van der Waals surface area contributed by atoms with Crippen molar-refractivity contribution in [2.75, 3.05) is 19.0 Å². The van der Waals surface area contributed by atoms with Crippen molar-refractivity contribution in [3.8, 4) is 0 Å². The van der Waals surface area contributed by atoms with E-state index in [0.29, 0.717) is 0 Å². The fraction of sp³-hybridized carbons (Fsp3) is 0.778. The summed E-state index contributed by atoms with van der Waals surface area (Å²) in [6.07, 6.45) is 6.87. The average Bonchev–Trinajstić information content (AvgIpc) is 2.04. The third-order valence-electron chi connectivity index (χ3n) is 2.08. The monoisotopic (exact) mass is 173 g/mol. The van der Waals surface area contributed by atoms with Crippen molar-refractivity contribution in [1.29, 1.82) is 0 Å². The molecule has 0 aliphatic carbocycles. The third kappa shape index (κ3) is 3.15. The molecule has 0 aromatic rings. The van der Waals surface area contributed by atoms with Crippen molar-refractivity contribution in [3.63, 3.8) is 0 Å². The van der Waals surface area contributed by atoms with E-state index in [-0.39, 0.29) is 0 Å². The zero-order valence-corrected chi connectivity index (χ0v) is 7.85. The number of rotatable bonds is 3. The van der Waals surface area contributed by atoms with Crippen LogP contribution < -0.4 is 0 Å². The summed E-state index contributed by atoms with van der Waals surface area (Å²) >= 11 is 5.60. The Labute approximate surface area is 74.0 Å². The van der Waals surface area contributed by atoms with Gasteiger partial charge in [-0.15, -0.1) is 11.6 Å². The van der Waals surface area contributed by atoms with Gasteiger partial charge in [0, 0.05) is 19.0 Å². The maximum Gasteiger partial charge on any atom is 0.0240 e. The lowest BCUT2D eigenvalue weighted by Crippen LogP contribution is -2.24. The molecule has 0 saturated heterocycles. The highest BCUT2D eigenvalue weighted by atomic mass is 35.5. The van der Waals surface area contributed by atoms with Crippen LogP contribution in [0.2, 0.25) is 0 Å². The van der Waals surface area contributed by atoms with Crippen molar-refractivity contribution in [1.82, 2.24) is 4.90 Å². The molecular weight excluding hydrogens is 158 g/mol. The van der Waals surface area contributed by atoms with E-state index in [1.807, 2.05) is 0 Å². The van der Waals surface area contributed by atoms with Gasteiger partial charge in [0.1, 0.15) is 0 Å². The van der Waals surface area contributed by atoms with Crippen LogP contribution in [0.25, 0.3) is 0 Å². The van der Waals surface area contributed by atoms with Crippen LogP contribution in [0.15, 0.2) is 12.3 Å². The normalized spacial score (nSPS) is 24.2. The van der Waals surface area contributed by atoms with Crippen LogP contribution >= 0.6 is 11.6 Å². The molecule has 11 heavy (non-hydrogen) atoms. The van der Waals surface area contributed by atoms with Crippen LogP contribution in [-0.4, -0.2) is 23.9 Å². The average molecular weight is 174 g/mol. The van der Waals surface area contributed by atoms with E-state index < -0.39 is 0 Å². The zero-order valence-electron chi connectivity index (χ0n) is 7.09. The second kappa shape index (κ2) is 4.66. The van der Waals surface area contributed by atoms with Crippen molar-refractivity contribution in [3.05, 3.63) is 12.3 Å². The van der Waals surface area contributed by atoms with E-state index in [2.05, 4.69) is 24.1 Å². The number of halogens is 1. The molecule has 1 rings (SSSR count). The molecule has 0 fully saturated rings. The highest BCUT2D eigenvalue weighted by Crippen LogP contribution is 2.12. The fourth-order valence-electron chi connectivity index (χ4n) is 1.26. The SMILES string of the molecule is CC1C=CN(CCCCl)CC1. The Bertz CT molecular complexity index is 134. The summed E-state index contributed by atoms with van der Waals surface area (Å²) in [6, 6.07) is 0. The Hall–Kier alpha value is -0.170. The van der Waals surface area contributed by atoms with Crippen molar-refractivity contribution >= 4 is 11.6 Å². The molecule has 1 unspecified atom stereocenters. The molecule has 0 amide bonds. The Morgan fingerprint density at radius 3 is 3.00 bits per heavy atom. The first-order valence-electron chi connectivity index (χ1n) is 4.31. The summed E-state index contributed by atoms with van der Waals surface area (Å²) in [5, 5.41) is 0. The van der Waals surface area contributed by atoms with Gasteiger partial charge in [0.25, 0.3) is 0 Å². The van der Waals surface area contributed by atoms with Gasteiger partial charge in [-0.2, -0.15) is 0 Å². The Balaban J connectivity index is 2.21. The van der Waals surface area contributed by atoms with E-state index >= 15 is 0 Å². The van der Waals surface area contributed by atoms with Crippen LogP contribution in [0.5, 0.6) is 0 Å². The quantitative estimate of drug-likeness (QED) is 0.593. The predicted octanol–water partition coefficient (Wildman–Crippen LogP) is 2.47. The van der Waals surface area contributed by atoms with Gasteiger partial charge in [-0.25, -0.2) is 0 Å². The molecule has 1 aliphatic heterocycles. The fourth-order valence-corrected chi connectivity index (χ4v) is 1.38. The van der Waals surface area contributed by atoms with Gasteiger partial charge in [0.2, 0.25) is 0 Å². The Morgan fingerprint density at radius 1 is 1.64 bits per heavy atom. The van der Waals surface area contributed by atoms with E-state index in [1.165, 1.54) is 13.0 Å². The van der Waals surface area contributed by atoms with Gasteiger partial charge in [-0.05, 0) is 25.0 Å². The van der Waals surface area contributed by atoms with Crippen molar-refractivity contribution in [2.24, 2.45) is 5.92 Å². The molecule has 0 saturated carbocycles. The maximum atomic E-state index is 5.60. The molecule has 1 aliphatic rings. The number of allylic oxidation sites excluding steroid dienone is 1. The highest BCUT2D eigenvalue weighted by Gasteiger charge is 2.07. The van der Waals surface area contributed by atoms with Crippen LogP contribution in [0.3, 0.4) is 0 Å². The van der Waals surface area contributed by atoms with Crippen molar-refractivity contribution in [2.45, 2.75) is 19.8 Å². The molecular formula is C9H16ClN. The van der Waals surface area contributed by atoms with Crippen LogP contribution in [0, 0.1) is 5.92 Å². The number of nitrogens with zero attached hydrogens (tertiary/aromatic N) is 1. The molecule has 0 bridgehead atoms. The Kier molecular flexibility index (Phi) is 3.78. The summed E-state index contributed by atoms with van der Waals surface area (Å²) in [4.78, 5) is 2.35. The van der Waals surface area contributed by atoms with Crippen LogP contribution in [0.4, 0.5) is 0 Å². The molecule has 0 radical (unpaired) electrons. The lowest BCUT2D eigenvalue weighted by atomic mass is 10.1. The Morgan fingerprint density at radius 2 is 2.45 bits per heavy atom. The zero-order chi connectivity index (χ0) is 8.10. The molecule has 1 atom stereocenters. The first kappa shape index (κ1) is 8.92. The van der Waals surface area contributed by atoms with E-state index in [4.69, 9.17) is 11.6 Å². The molecule has 0 spiro atoms. The second-order valence-electron chi connectivity index (χ2n) is 3.19. The number of hydrogen-bond donors (Lipinski definition) is 0. The molecule has 1 heterocycles. The van der Waals surface area contributed by atoms with Crippen LogP contribution in [0.1, 0.15) is 19.8 Å². The largest absolute Gasteiger partial charge is 0.378 e. The van der Waals surface area contributed by atoms with Crippen LogP contribution in [-0.2, 0) is 0 Å². The topological polar surface area (TPSA) is 3.24 Å². The van der Waals surface area contributed by atoms with Gasteiger partial charge in [0.15, 0.2) is 0 Å². The molecule has 0 aromatic carbocycles. The standard InChI is InChI=1S/C9H16ClN/c1-9-3-7-11(8-4-9)6-2-5-10/h3,7,9H,2,4-6,8H2,1H3. The summed E-state index contributed by atoms with van der Waals surface area (Å²) in [7, 11) is 0. The molecule has 0 N–H and O–H groups in total. The minimum atomic E-state index is 0.766. The minimum absolute atomic E-state index is 0.766. The highest BCUT2D eigenvalue weighted by molar-refractivity contribution is 6.17. The number of alkyl halides is 1. The lowest BCUT2D eigenvalue weighted by Gasteiger charge is -2.25. The lowest BCUT2D eigenvalue weighted by molar-refractivity contribution is 0.331. The van der Waals surface area contributed by atoms with Gasteiger partial charge < -0.3 is 4.90 Å². The second-order valence-corrected chi connectivity index (χ2v) is 3.56. The maximum absolute atomic E-state index is 5.60. The summed E-state index contributed by atoms with van der Waals surface area (Å²) in [5.41, 5.74) is 0. The third-order valence-corrected chi connectivity index (χ3v) is 2.34. The first-order chi connectivity index (χ1) is 5.33. The van der Waals surface area contributed by atoms with E-state index in [9.17, 15) is 0 Å². The van der Waals surface area contributed by atoms with Crippen molar-refractivity contribution < 1.29 is 0 Å². The molecule has 0 aromatic heterocycles. The molecule has 2 heteroatoms. The van der Waals surface area contributed by atoms with Gasteiger partial charge in [-0.1, -0.05) is 13.0 Å². The smallest absolute Gasteiger partial charge is 0.0240 e. The predicted molar refractivity (Wildman–Crippen MR) is 49.8 cm³/mol. The minimum Gasteiger partial charge on any atom is -0.378 e. The van der Waals surface area contributed by atoms with Gasteiger partial charge in [0.05, 0.1) is 0 Å². The number of hydrogen-bond acceptors (Lipinski definition) is 1. The van der Waals surface area contributed by atoms with Gasteiger partial charge in [-0.3, -0.25) is 0 Å². The summed E-state index contributed by atoms with van der Waals surface area (Å²) < 4.78 is 0. The van der Waals surface area contributed by atoms with E-state index in [1.54, 1.807) is 0 Å². The summed E-state index contributed by atoms with van der Waals surface area (Å²) in [5.74, 6) is 1.54.